The van der Waals surface area contributed by atoms with Crippen LogP contribution in [0, 0.1) is 23.7 Å². The van der Waals surface area contributed by atoms with Crippen molar-refractivity contribution in [3.63, 3.8) is 0 Å². The Kier molecular flexibility index (Phi) is 9.26. The van der Waals surface area contributed by atoms with Gasteiger partial charge in [0, 0.05) is 38.3 Å². The van der Waals surface area contributed by atoms with E-state index in [1.165, 1.54) is 7.05 Å². The molecule has 1 spiro atoms. The van der Waals surface area contributed by atoms with Gasteiger partial charge in [-0.3, -0.25) is 9.59 Å². The number of ether oxygens (including phenoxy) is 3. The first kappa shape index (κ1) is 30.5. The Morgan fingerprint density at radius 1 is 1.00 bits per heavy atom. The maximum Gasteiger partial charge on any atom is 0.308 e. The van der Waals surface area contributed by atoms with Crippen molar-refractivity contribution < 1.29 is 59.1 Å². The number of aliphatic hydroxyl groups excluding tert-OH is 5. The molecule has 5 rings (SSSR count). The first-order valence-electron chi connectivity index (χ1n) is 13.8. The highest BCUT2D eigenvalue weighted by Gasteiger charge is 2.69. The molecule has 0 radical (unpaired) electrons. The van der Waals surface area contributed by atoms with E-state index >= 15 is 0 Å². The van der Waals surface area contributed by atoms with Gasteiger partial charge in [0.2, 0.25) is 18.0 Å². The van der Waals surface area contributed by atoms with Crippen LogP contribution >= 0.6 is 0 Å². The lowest BCUT2D eigenvalue weighted by atomic mass is 9.58. The molecule has 4 saturated heterocycles. The molecule has 13 nitrogen and oxygen atoms in total. The van der Waals surface area contributed by atoms with Crippen LogP contribution in [0.25, 0.3) is 0 Å². The molecule has 0 aromatic carbocycles. The molecule has 5 N–H and O–H groups in total. The number of esters is 1. The van der Waals surface area contributed by atoms with Crippen LogP contribution in [0.1, 0.15) is 59.3 Å². The third kappa shape index (κ3) is 5.84. The van der Waals surface area contributed by atoms with Crippen molar-refractivity contribution in [3.8, 4) is 0 Å². The van der Waals surface area contributed by atoms with E-state index in [4.69, 9.17) is 29.1 Å². The summed E-state index contributed by atoms with van der Waals surface area (Å²) in [6, 6.07) is 0. The SMILES string of the molecule is C[C@H]1[C@H](OC(=O)CCC(=O)N(C)C[C@H](O)[C@H](O)[C@H](O)[C@@H](O)CO)O[C@@H]2O[C@@]3(C)CC[C@H]4[C@H](C)CC[C@H]1[C@@]24OO3. The number of fused-ring (bicyclic) bond motifs is 2. The predicted molar refractivity (Wildman–Crippen MR) is 131 cm³/mol. The summed E-state index contributed by atoms with van der Waals surface area (Å²) in [5, 5.41) is 48.1. The van der Waals surface area contributed by atoms with Gasteiger partial charge < -0.3 is 44.6 Å². The Morgan fingerprint density at radius 3 is 2.38 bits per heavy atom. The number of aliphatic hydroxyl groups is 5. The highest BCUT2D eigenvalue weighted by atomic mass is 17.3. The van der Waals surface area contributed by atoms with E-state index in [2.05, 4.69) is 6.92 Å². The van der Waals surface area contributed by atoms with E-state index in [1.807, 2.05) is 13.8 Å². The van der Waals surface area contributed by atoms with Crippen LogP contribution in [0.2, 0.25) is 0 Å². The number of amides is 1. The number of nitrogens with zero attached hydrogens (tertiary/aromatic N) is 1. The van der Waals surface area contributed by atoms with Crippen LogP contribution in [0.4, 0.5) is 0 Å². The fraction of sp³-hybridized carbons (Fsp3) is 0.923. The van der Waals surface area contributed by atoms with E-state index in [0.717, 1.165) is 24.2 Å². The van der Waals surface area contributed by atoms with Gasteiger partial charge in [-0.05, 0) is 38.0 Å². The van der Waals surface area contributed by atoms with Crippen molar-refractivity contribution in [2.45, 2.75) is 108 Å². The van der Waals surface area contributed by atoms with Gasteiger partial charge in [-0.2, -0.15) is 0 Å². The molecule has 39 heavy (non-hydrogen) atoms. The molecule has 4 aliphatic heterocycles. The quantitative estimate of drug-likeness (QED) is 0.169. The lowest BCUT2D eigenvalue weighted by Gasteiger charge is -2.59. The van der Waals surface area contributed by atoms with Crippen molar-refractivity contribution in [2.24, 2.45) is 23.7 Å². The molecule has 13 heteroatoms. The topological polar surface area (TPSA) is 185 Å². The smallest absolute Gasteiger partial charge is 0.308 e. The van der Waals surface area contributed by atoms with Crippen LogP contribution in [0.3, 0.4) is 0 Å². The second-order valence-corrected chi connectivity index (χ2v) is 11.8. The molecule has 0 unspecified atom stereocenters. The molecule has 1 amide bonds. The first-order chi connectivity index (χ1) is 18.3. The van der Waals surface area contributed by atoms with Gasteiger partial charge >= 0.3 is 5.97 Å². The van der Waals surface area contributed by atoms with E-state index in [0.29, 0.717) is 12.3 Å². The maximum absolute atomic E-state index is 12.7. The van der Waals surface area contributed by atoms with Crippen molar-refractivity contribution in [2.75, 3.05) is 20.2 Å². The normalized spacial score (nSPS) is 40.5. The van der Waals surface area contributed by atoms with Gasteiger partial charge in [0.15, 0.2) is 11.9 Å². The fourth-order valence-corrected chi connectivity index (χ4v) is 6.65. The van der Waals surface area contributed by atoms with Crippen molar-refractivity contribution in [3.05, 3.63) is 0 Å². The standard InChI is InChI=1S/C26H43NO12/c1-13-5-6-16-14(2)23(36-24-26(16)15(13)9-10-25(3,37-24)38-39-26)35-20(32)8-7-19(31)27(4)11-17(29)21(33)22(34)18(30)12-28/h13-18,21-24,28-30,33-34H,5-12H2,1-4H3/t13-,14-,15+,16-,17+,18+,21+,22-,23-,24-,25-,26-/m1/s1. The molecule has 4 heterocycles. The van der Waals surface area contributed by atoms with Crippen LogP contribution in [0.5, 0.6) is 0 Å². The van der Waals surface area contributed by atoms with Crippen LogP contribution in [-0.4, -0.2) is 111 Å². The van der Waals surface area contributed by atoms with Crippen molar-refractivity contribution in [1.29, 1.82) is 0 Å². The van der Waals surface area contributed by atoms with Crippen LogP contribution in [-0.2, 0) is 33.6 Å². The minimum atomic E-state index is -1.80. The van der Waals surface area contributed by atoms with Crippen molar-refractivity contribution in [1.82, 2.24) is 4.90 Å². The monoisotopic (exact) mass is 561 g/mol. The number of likely N-dealkylation sites (N-methyl/N-ethyl adjacent to an activating group) is 1. The van der Waals surface area contributed by atoms with Crippen LogP contribution in [0.15, 0.2) is 0 Å². The molecular formula is C26H43NO12. The zero-order valence-corrected chi connectivity index (χ0v) is 23.0. The highest BCUT2D eigenvalue weighted by molar-refractivity contribution is 5.81. The van der Waals surface area contributed by atoms with Gasteiger partial charge in [-0.15, -0.1) is 0 Å². The molecule has 1 saturated carbocycles. The van der Waals surface area contributed by atoms with Gasteiger partial charge in [0.25, 0.3) is 0 Å². The Morgan fingerprint density at radius 2 is 1.69 bits per heavy atom. The molecule has 1 aliphatic carbocycles. The summed E-state index contributed by atoms with van der Waals surface area (Å²) in [5.74, 6) is -1.72. The second kappa shape index (κ2) is 11.8. The molecule has 12 atom stereocenters. The lowest BCUT2D eigenvalue weighted by molar-refractivity contribution is -0.576. The van der Waals surface area contributed by atoms with Gasteiger partial charge in [-0.25, -0.2) is 9.78 Å². The lowest BCUT2D eigenvalue weighted by Crippen LogP contribution is -2.70. The Labute approximate surface area is 227 Å². The maximum atomic E-state index is 12.7. The summed E-state index contributed by atoms with van der Waals surface area (Å²) in [7, 11) is 1.37. The van der Waals surface area contributed by atoms with Gasteiger partial charge in [0.05, 0.1) is 13.0 Å². The van der Waals surface area contributed by atoms with Gasteiger partial charge in [-0.1, -0.05) is 13.8 Å². The predicted octanol–water partition coefficient (Wildman–Crippen LogP) is -0.588. The van der Waals surface area contributed by atoms with E-state index < -0.39 is 66.9 Å². The fourth-order valence-electron chi connectivity index (χ4n) is 6.65. The summed E-state index contributed by atoms with van der Waals surface area (Å²) < 4.78 is 18.2. The molecule has 5 fully saturated rings. The number of hydrogen-bond donors (Lipinski definition) is 5. The summed E-state index contributed by atoms with van der Waals surface area (Å²) in [5.41, 5.74) is -0.777. The number of carbonyl (C=O) groups excluding carboxylic acids is 2. The average Bonchev–Trinajstić information content (AvgIpc) is 3.14. The largest absolute Gasteiger partial charge is 0.435 e. The van der Waals surface area contributed by atoms with E-state index in [-0.39, 0.29) is 37.1 Å². The number of rotatable bonds is 10. The number of carbonyl (C=O) groups is 2. The van der Waals surface area contributed by atoms with E-state index in [1.54, 1.807) is 0 Å². The van der Waals surface area contributed by atoms with Crippen LogP contribution < -0.4 is 0 Å². The number of hydrogen-bond acceptors (Lipinski definition) is 12. The minimum absolute atomic E-state index is 0.0155. The third-order valence-electron chi connectivity index (χ3n) is 9.10. The molecular weight excluding hydrogens is 518 g/mol. The summed E-state index contributed by atoms with van der Waals surface area (Å²) in [6.45, 7) is 4.81. The first-order valence-corrected chi connectivity index (χ1v) is 13.8. The molecule has 5 aliphatic rings. The Bertz CT molecular complexity index is 891. The summed E-state index contributed by atoms with van der Waals surface area (Å²) in [6.07, 6.45) is -5.52. The molecule has 2 bridgehead atoms. The second-order valence-electron chi connectivity index (χ2n) is 11.8. The highest BCUT2D eigenvalue weighted by Crippen LogP contribution is 2.60. The molecule has 0 aromatic heterocycles. The Hall–Kier alpha value is -1.42. The zero-order valence-electron chi connectivity index (χ0n) is 23.0. The van der Waals surface area contributed by atoms with Crippen molar-refractivity contribution >= 4 is 11.9 Å². The van der Waals surface area contributed by atoms with E-state index in [9.17, 15) is 30.0 Å². The molecule has 0 aromatic rings. The molecule has 224 valence electrons. The summed E-state index contributed by atoms with van der Waals surface area (Å²) in [4.78, 5) is 38.2. The Balaban J connectivity index is 1.32. The third-order valence-corrected chi connectivity index (χ3v) is 9.10. The summed E-state index contributed by atoms with van der Waals surface area (Å²) >= 11 is 0. The average molecular weight is 562 g/mol. The van der Waals surface area contributed by atoms with Gasteiger partial charge in [0.1, 0.15) is 24.4 Å². The minimum Gasteiger partial charge on any atom is -0.435 e. The zero-order chi connectivity index (χ0) is 28.7.